The maximum atomic E-state index is 12.0. The molecule has 0 spiro atoms. The minimum Gasteiger partial charge on any atom is -0.489 e. The quantitative estimate of drug-likeness (QED) is 0.695. The predicted octanol–water partition coefficient (Wildman–Crippen LogP) is 2.37. The molecule has 0 aliphatic carbocycles. The summed E-state index contributed by atoms with van der Waals surface area (Å²) >= 11 is 0. The first-order chi connectivity index (χ1) is 12.5. The van der Waals surface area contributed by atoms with E-state index in [0.29, 0.717) is 13.0 Å². The van der Waals surface area contributed by atoms with Crippen LogP contribution >= 0.6 is 0 Å². The molecule has 0 saturated carbocycles. The fourth-order valence-corrected chi connectivity index (χ4v) is 2.56. The number of carbonyl (C=O) groups is 2. The number of benzene rings is 2. The Morgan fingerprint density at radius 2 is 1.69 bits per heavy atom. The second kappa shape index (κ2) is 9.58. The Kier molecular flexibility index (Phi) is 7.17. The number of ether oxygens (including phenoxy) is 2. The number of aliphatic carboxylic acids is 1. The number of methoxy groups -OCH3 is 1. The molecule has 0 aliphatic heterocycles. The first-order valence-electron chi connectivity index (χ1n) is 8.25. The predicted molar refractivity (Wildman–Crippen MR) is 97.0 cm³/mol. The fraction of sp³-hybridized carbons (Fsp3) is 0.300. The zero-order chi connectivity index (χ0) is 18.9. The van der Waals surface area contributed by atoms with Crippen LogP contribution in [0.15, 0.2) is 54.6 Å². The summed E-state index contributed by atoms with van der Waals surface area (Å²) in [7, 11) is 2.89. The van der Waals surface area contributed by atoms with Crippen molar-refractivity contribution in [3.8, 4) is 5.75 Å². The van der Waals surface area contributed by atoms with Gasteiger partial charge >= 0.3 is 11.9 Å². The van der Waals surface area contributed by atoms with Crippen LogP contribution < -0.4 is 4.74 Å². The number of nitrogens with zero attached hydrogens (tertiary/aromatic N) is 1. The molecule has 2 aromatic rings. The van der Waals surface area contributed by atoms with Gasteiger partial charge in [-0.05, 0) is 36.7 Å². The standard InChI is InChI=1S/C20H23NO5/c1-21(13-19(22)23)18(20(24)25-2)12-15-8-10-17(11-9-15)26-14-16-6-4-3-5-7-16/h3-11,18H,12-14H2,1-2H3,(H,22,23)/t18-/m0/s1. The van der Waals surface area contributed by atoms with E-state index in [2.05, 4.69) is 0 Å². The molecule has 1 N–H and O–H groups in total. The summed E-state index contributed by atoms with van der Waals surface area (Å²) < 4.78 is 10.5. The van der Waals surface area contributed by atoms with Crippen LogP contribution in [-0.4, -0.2) is 48.7 Å². The molecule has 0 unspecified atom stereocenters. The van der Waals surface area contributed by atoms with E-state index in [4.69, 9.17) is 14.6 Å². The van der Waals surface area contributed by atoms with Gasteiger partial charge in [0.2, 0.25) is 0 Å². The number of rotatable bonds is 9. The van der Waals surface area contributed by atoms with Crippen LogP contribution in [0, 0.1) is 0 Å². The van der Waals surface area contributed by atoms with Crippen molar-refractivity contribution in [1.82, 2.24) is 4.90 Å². The van der Waals surface area contributed by atoms with E-state index in [1.807, 2.05) is 54.6 Å². The molecule has 2 rings (SSSR count). The number of hydrogen-bond donors (Lipinski definition) is 1. The summed E-state index contributed by atoms with van der Waals surface area (Å²) in [5, 5.41) is 8.93. The highest BCUT2D eigenvalue weighted by Gasteiger charge is 2.25. The van der Waals surface area contributed by atoms with Gasteiger partial charge in [0.1, 0.15) is 18.4 Å². The average molecular weight is 357 g/mol. The van der Waals surface area contributed by atoms with E-state index in [1.54, 1.807) is 7.05 Å². The zero-order valence-corrected chi connectivity index (χ0v) is 14.9. The molecule has 6 nitrogen and oxygen atoms in total. The Balaban J connectivity index is 1.98. The molecule has 2 aromatic carbocycles. The third-order valence-electron chi connectivity index (χ3n) is 3.99. The molecular weight excluding hydrogens is 334 g/mol. The molecule has 0 radical (unpaired) electrons. The van der Waals surface area contributed by atoms with Crippen LogP contribution in [0.25, 0.3) is 0 Å². The van der Waals surface area contributed by atoms with Gasteiger partial charge in [-0.25, -0.2) is 0 Å². The second-order valence-electron chi connectivity index (χ2n) is 5.97. The molecule has 0 aromatic heterocycles. The maximum absolute atomic E-state index is 12.0. The monoisotopic (exact) mass is 357 g/mol. The van der Waals surface area contributed by atoms with Gasteiger partial charge in [-0.2, -0.15) is 0 Å². The van der Waals surface area contributed by atoms with Crippen molar-refractivity contribution >= 4 is 11.9 Å². The minimum absolute atomic E-state index is 0.238. The van der Waals surface area contributed by atoms with Crippen LogP contribution in [0.5, 0.6) is 5.75 Å². The van der Waals surface area contributed by atoms with Gasteiger partial charge in [-0.15, -0.1) is 0 Å². The summed E-state index contributed by atoms with van der Waals surface area (Å²) in [6.45, 7) is 0.240. The number of esters is 1. The molecule has 0 amide bonds. The number of hydrogen-bond acceptors (Lipinski definition) is 5. The van der Waals surface area contributed by atoms with Crippen molar-refractivity contribution in [1.29, 1.82) is 0 Å². The molecule has 0 fully saturated rings. The van der Waals surface area contributed by atoms with E-state index < -0.39 is 18.0 Å². The average Bonchev–Trinajstić information content (AvgIpc) is 2.65. The molecule has 26 heavy (non-hydrogen) atoms. The molecule has 0 bridgehead atoms. The van der Waals surface area contributed by atoms with Crippen LogP contribution in [0.4, 0.5) is 0 Å². The Morgan fingerprint density at radius 1 is 1.04 bits per heavy atom. The lowest BCUT2D eigenvalue weighted by Crippen LogP contribution is -2.43. The number of carbonyl (C=O) groups excluding carboxylic acids is 1. The Morgan fingerprint density at radius 3 is 2.27 bits per heavy atom. The van der Waals surface area contributed by atoms with Crippen molar-refractivity contribution < 1.29 is 24.2 Å². The highest BCUT2D eigenvalue weighted by Crippen LogP contribution is 2.17. The smallest absolute Gasteiger partial charge is 0.323 e. The SMILES string of the molecule is COC(=O)[C@H](Cc1ccc(OCc2ccccc2)cc1)N(C)CC(=O)O. The number of carboxylic acid groups (broad SMARTS) is 1. The van der Waals surface area contributed by atoms with Crippen molar-refractivity contribution in [2.75, 3.05) is 20.7 Å². The van der Waals surface area contributed by atoms with Gasteiger partial charge < -0.3 is 14.6 Å². The van der Waals surface area contributed by atoms with Gasteiger partial charge in [-0.3, -0.25) is 14.5 Å². The van der Waals surface area contributed by atoms with E-state index in [-0.39, 0.29) is 6.54 Å². The van der Waals surface area contributed by atoms with Crippen LogP contribution in [0.1, 0.15) is 11.1 Å². The van der Waals surface area contributed by atoms with Gasteiger partial charge in [0.25, 0.3) is 0 Å². The van der Waals surface area contributed by atoms with Crippen LogP contribution in [0.2, 0.25) is 0 Å². The summed E-state index contributed by atoms with van der Waals surface area (Å²) in [6.07, 6.45) is 0.357. The summed E-state index contributed by atoms with van der Waals surface area (Å²) in [5.74, 6) is -0.727. The fourth-order valence-electron chi connectivity index (χ4n) is 2.56. The van der Waals surface area contributed by atoms with Gasteiger partial charge in [0.05, 0.1) is 13.7 Å². The molecule has 1 atom stereocenters. The van der Waals surface area contributed by atoms with Crippen LogP contribution in [-0.2, 0) is 27.4 Å². The summed E-state index contributed by atoms with van der Waals surface area (Å²) in [6, 6.07) is 16.6. The van der Waals surface area contributed by atoms with Crippen molar-refractivity contribution in [3.63, 3.8) is 0 Å². The number of likely N-dealkylation sites (N-methyl/N-ethyl adjacent to an activating group) is 1. The minimum atomic E-state index is -0.994. The second-order valence-corrected chi connectivity index (χ2v) is 5.97. The Labute approximate surface area is 153 Å². The summed E-state index contributed by atoms with van der Waals surface area (Å²) in [5.41, 5.74) is 1.97. The van der Waals surface area contributed by atoms with Gasteiger partial charge in [0.15, 0.2) is 0 Å². The van der Waals surface area contributed by atoms with E-state index in [1.165, 1.54) is 12.0 Å². The van der Waals surface area contributed by atoms with Crippen molar-refractivity contribution in [3.05, 3.63) is 65.7 Å². The molecule has 0 aliphatic rings. The molecule has 138 valence electrons. The van der Waals surface area contributed by atoms with Crippen LogP contribution in [0.3, 0.4) is 0 Å². The highest BCUT2D eigenvalue weighted by atomic mass is 16.5. The van der Waals surface area contributed by atoms with Gasteiger partial charge in [-0.1, -0.05) is 42.5 Å². The third-order valence-corrected chi connectivity index (χ3v) is 3.99. The third kappa shape index (κ3) is 5.89. The molecule has 0 heterocycles. The lowest BCUT2D eigenvalue weighted by atomic mass is 10.0. The highest BCUT2D eigenvalue weighted by molar-refractivity contribution is 5.77. The molecule has 6 heteroatoms. The Bertz CT molecular complexity index is 715. The van der Waals surface area contributed by atoms with E-state index >= 15 is 0 Å². The van der Waals surface area contributed by atoms with E-state index in [0.717, 1.165) is 16.9 Å². The lowest BCUT2D eigenvalue weighted by molar-refractivity contribution is -0.148. The topological polar surface area (TPSA) is 76.1 Å². The lowest BCUT2D eigenvalue weighted by Gasteiger charge is -2.24. The van der Waals surface area contributed by atoms with Crippen molar-refractivity contribution in [2.45, 2.75) is 19.1 Å². The first kappa shape index (κ1) is 19.5. The number of carboxylic acids is 1. The first-order valence-corrected chi connectivity index (χ1v) is 8.25. The maximum Gasteiger partial charge on any atom is 0.323 e. The molecular formula is C20H23NO5. The zero-order valence-electron chi connectivity index (χ0n) is 14.9. The van der Waals surface area contributed by atoms with E-state index in [9.17, 15) is 9.59 Å². The summed E-state index contributed by atoms with van der Waals surface area (Å²) in [4.78, 5) is 24.4. The molecule has 0 saturated heterocycles. The Hall–Kier alpha value is -2.86. The van der Waals surface area contributed by atoms with Gasteiger partial charge in [0, 0.05) is 0 Å². The van der Waals surface area contributed by atoms with Crippen molar-refractivity contribution in [2.24, 2.45) is 0 Å². The normalized spacial score (nSPS) is 11.8. The largest absolute Gasteiger partial charge is 0.489 e.